The van der Waals surface area contributed by atoms with Crippen LogP contribution in [0.1, 0.15) is 11.3 Å². The van der Waals surface area contributed by atoms with Gasteiger partial charge in [-0.25, -0.2) is 0 Å². The first kappa shape index (κ1) is 21.9. The maximum absolute atomic E-state index is 12.9. The molecule has 0 radical (unpaired) electrons. The van der Waals surface area contributed by atoms with Gasteiger partial charge >= 0.3 is 0 Å². The molecule has 3 aromatic carbocycles. The molecule has 1 aliphatic heterocycles. The van der Waals surface area contributed by atoms with Crippen molar-refractivity contribution in [3.8, 4) is 11.3 Å². The van der Waals surface area contributed by atoms with Crippen molar-refractivity contribution < 1.29 is 18.9 Å². The van der Waals surface area contributed by atoms with E-state index in [0.717, 1.165) is 28.1 Å². The molecule has 2 amide bonds. The highest BCUT2D eigenvalue weighted by molar-refractivity contribution is 8.18. The number of thioether (sulfide) groups is 1. The number of amides is 2. The number of hydrogen-bond donors (Lipinski definition) is 0. The second-order valence-electron chi connectivity index (χ2n) is 7.57. The Kier molecular flexibility index (Phi) is 5.69. The Morgan fingerprint density at radius 3 is 2.59 bits per heavy atom. The average molecular weight is 491 g/mol. The number of benzene rings is 3. The second-order valence-corrected chi connectivity index (χ2v) is 8.98. The molecule has 4 aromatic rings. The lowest BCUT2D eigenvalue weighted by atomic mass is 10.1. The molecule has 0 spiro atoms. The molecule has 5 rings (SSSR count). The van der Waals surface area contributed by atoms with Crippen LogP contribution in [0, 0.1) is 10.1 Å². The number of nitro benzene ring substituents is 1. The zero-order valence-electron chi connectivity index (χ0n) is 17.4. The summed E-state index contributed by atoms with van der Waals surface area (Å²) in [6.45, 7) is 0.171. The molecule has 2 heterocycles. The van der Waals surface area contributed by atoms with Crippen LogP contribution < -0.4 is 0 Å². The van der Waals surface area contributed by atoms with Crippen molar-refractivity contribution in [1.29, 1.82) is 0 Å². The van der Waals surface area contributed by atoms with Gasteiger partial charge in [0.25, 0.3) is 16.8 Å². The van der Waals surface area contributed by atoms with Crippen LogP contribution in [-0.4, -0.2) is 21.0 Å². The standard InChI is InChI=1S/C25H15ClN2O5S/c26-20-9-7-18(12-21(20)28(31)32)22-10-8-19(33-22)13-23-24(29)27(25(30)34-23)14-15-5-6-16-3-1-2-4-17(16)11-15/h1-13H,14H2/b23-13-. The van der Waals surface area contributed by atoms with Gasteiger partial charge in [-0.3, -0.25) is 24.6 Å². The van der Waals surface area contributed by atoms with E-state index in [1.807, 2.05) is 42.5 Å². The van der Waals surface area contributed by atoms with Gasteiger partial charge in [-0.1, -0.05) is 48.0 Å². The van der Waals surface area contributed by atoms with Gasteiger partial charge in [0, 0.05) is 17.7 Å². The molecular weight excluding hydrogens is 476 g/mol. The van der Waals surface area contributed by atoms with Gasteiger partial charge in [0.1, 0.15) is 16.5 Å². The summed E-state index contributed by atoms with van der Waals surface area (Å²) in [5.41, 5.74) is 1.10. The van der Waals surface area contributed by atoms with Crippen LogP contribution in [0.4, 0.5) is 10.5 Å². The molecule has 0 aliphatic carbocycles. The molecule has 1 saturated heterocycles. The highest BCUT2D eigenvalue weighted by Gasteiger charge is 2.35. The predicted molar refractivity (Wildman–Crippen MR) is 131 cm³/mol. The topological polar surface area (TPSA) is 93.7 Å². The lowest BCUT2D eigenvalue weighted by molar-refractivity contribution is -0.384. The molecule has 9 heteroatoms. The second kappa shape index (κ2) is 8.81. The average Bonchev–Trinajstić information content (AvgIpc) is 3.39. The van der Waals surface area contributed by atoms with E-state index < -0.39 is 10.8 Å². The summed E-state index contributed by atoms with van der Waals surface area (Å²) in [5.74, 6) is 0.327. The van der Waals surface area contributed by atoms with Gasteiger partial charge in [0.05, 0.1) is 16.4 Å². The minimum absolute atomic E-state index is 0.0283. The first-order chi connectivity index (χ1) is 16.4. The van der Waals surface area contributed by atoms with Crippen LogP contribution in [0.15, 0.2) is 82.1 Å². The number of furan rings is 1. The van der Waals surface area contributed by atoms with E-state index in [-0.39, 0.29) is 27.4 Å². The number of nitro groups is 1. The Morgan fingerprint density at radius 2 is 1.79 bits per heavy atom. The molecule has 0 saturated carbocycles. The van der Waals surface area contributed by atoms with E-state index in [9.17, 15) is 19.7 Å². The molecular formula is C25H15ClN2O5S. The van der Waals surface area contributed by atoms with Crippen molar-refractivity contribution in [3.63, 3.8) is 0 Å². The van der Waals surface area contributed by atoms with Gasteiger partial charge in [0.2, 0.25) is 0 Å². The highest BCUT2D eigenvalue weighted by Crippen LogP contribution is 2.35. The summed E-state index contributed by atoms with van der Waals surface area (Å²) < 4.78 is 5.75. The summed E-state index contributed by atoms with van der Waals surface area (Å²) in [7, 11) is 0. The van der Waals surface area contributed by atoms with Gasteiger partial charge in [-0.2, -0.15) is 0 Å². The number of nitrogens with zero attached hydrogens (tertiary/aromatic N) is 2. The quantitative estimate of drug-likeness (QED) is 0.171. The summed E-state index contributed by atoms with van der Waals surface area (Å²) in [4.78, 5) is 37.5. The minimum Gasteiger partial charge on any atom is -0.457 e. The summed E-state index contributed by atoms with van der Waals surface area (Å²) in [6, 6.07) is 21.3. The van der Waals surface area contributed by atoms with E-state index in [1.54, 1.807) is 18.2 Å². The number of hydrogen-bond acceptors (Lipinski definition) is 6. The van der Waals surface area contributed by atoms with Gasteiger partial charge < -0.3 is 4.42 Å². The van der Waals surface area contributed by atoms with E-state index in [0.29, 0.717) is 17.1 Å². The van der Waals surface area contributed by atoms with Crippen LogP contribution in [0.5, 0.6) is 0 Å². The Hall–Kier alpha value is -3.88. The fraction of sp³-hybridized carbons (Fsp3) is 0.0400. The van der Waals surface area contributed by atoms with Crippen molar-refractivity contribution in [1.82, 2.24) is 4.90 Å². The largest absolute Gasteiger partial charge is 0.457 e. The van der Waals surface area contributed by atoms with Crippen molar-refractivity contribution in [2.45, 2.75) is 6.54 Å². The first-order valence-corrected chi connectivity index (χ1v) is 11.4. The fourth-order valence-corrected chi connectivity index (χ4v) is 4.68. The maximum atomic E-state index is 12.9. The summed E-state index contributed by atoms with van der Waals surface area (Å²) in [6.07, 6.45) is 1.50. The third kappa shape index (κ3) is 4.21. The van der Waals surface area contributed by atoms with Crippen LogP contribution in [-0.2, 0) is 11.3 Å². The minimum atomic E-state index is -0.568. The number of fused-ring (bicyclic) bond motifs is 1. The molecule has 1 aliphatic rings. The Bertz CT molecular complexity index is 1510. The Labute approximate surface area is 202 Å². The van der Waals surface area contributed by atoms with Crippen molar-refractivity contribution >= 4 is 57.0 Å². The molecule has 7 nitrogen and oxygen atoms in total. The SMILES string of the molecule is O=C1S/C(=C\c2ccc(-c3ccc(Cl)c([N+](=O)[O-])c3)o2)C(=O)N1Cc1ccc2ccccc2c1. The van der Waals surface area contributed by atoms with Gasteiger partial charge in [-0.15, -0.1) is 0 Å². The van der Waals surface area contributed by atoms with Crippen LogP contribution >= 0.6 is 23.4 Å². The zero-order chi connectivity index (χ0) is 23.8. The van der Waals surface area contributed by atoms with Crippen LogP contribution in [0.2, 0.25) is 5.02 Å². The summed E-state index contributed by atoms with van der Waals surface area (Å²) in [5, 5.41) is 12.9. The van der Waals surface area contributed by atoms with Crippen molar-refractivity contribution in [2.24, 2.45) is 0 Å². The zero-order valence-corrected chi connectivity index (χ0v) is 19.0. The van der Waals surface area contributed by atoms with E-state index in [1.165, 1.54) is 23.1 Å². The normalized spacial score (nSPS) is 15.0. The smallest absolute Gasteiger partial charge is 0.293 e. The predicted octanol–water partition coefficient (Wildman–Crippen LogP) is 6.90. The third-order valence-electron chi connectivity index (χ3n) is 5.36. The highest BCUT2D eigenvalue weighted by atomic mass is 35.5. The summed E-state index contributed by atoms with van der Waals surface area (Å²) >= 11 is 6.71. The van der Waals surface area contributed by atoms with Crippen molar-refractivity contribution in [3.05, 3.63) is 104 Å². The lowest BCUT2D eigenvalue weighted by Gasteiger charge is -2.13. The van der Waals surface area contributed by atoms with E-state index in [4.69, 9.17) is 16.0 Å². The number of rotatable bonds is 5. The molecule has 0 unspecified atom stereocenters. The molecule has 0 bridgehead atoms. The van der Waals surface area contributed by atoms with Crippen LogP contribution in [0.25, 0.3) is 28.2 Å². The molecule has 1 aromatic heterocycles. The first-order valence-electron chi connectivity index (χ1n) is 10.2. The van der Waals surface area contributed by atoms with Gasteiger partial charge in [-0.05, 0) is 58.4 Å². The maximum Gasteiger partial charge on any atom is 0.293 e. The fourth-order valence-electron chi connectivity index (χ4n) is 3.68. The number of halogens is 1. The molecule has 168 valence electrons. The van der Waals surface area contributed by atoms with E-state index >= 15 is 0 Å². The van der Waals surface area contributed by atoms with Crippen molar-refractivity contribution in [2.75, 3.05) is 0 Å². The third-order valence-corrected chi connectivity index (χ3v) is 6.58. The number of carbonyl (C=O) groups is 2. The Balaban J connectivity index is 1.36. The lowest BCUT2D eigenvalue weighted by Crippen LogP contribution is -2.27. The van der Waals surface area contributed by atoms with E-state index in [2.05, 4.69) is 0 Å². The monoisotopic (exact) mass is 490 g/mol. The molecule has 0 N–H and O–H groups in total. The number of imide groups is 1. The molecule has 34 heavy (non-hydrogen) atoms. The number of carbonyl (C=O) groups excluding carboxylic acids is 2. The molecule has 0 atom stereocenters. The van der Waals surface area contributed by atoms with Gasteiger partial charge in [0.15, 0.2) is 0 Å². The Morgan fingerprint density at radius 1 is 1.00 bits per heavy atom. The van der Waals surface area contributed by atoms with Crippen LogP contribution in [0.3, 0.4) is 0 Å². The molecule has 1 fully saturated rings.